The van der Waals surface area contributed by atoms with Gasteiger partial charge in [-0.2, -0.15) is 5.10 Å². The molecule has 0 aliphatic heterocycles. The van der Waals surface area contributed by atoms with Gasteiger partial charge in [-0.1, -0.05) is 83.9 Å². The molecule has 4 aromatic carbocycles. The largest absolute Gasteiger partial charge is 0.462 e. The predicted octanol–water partition coefficient (Wildman–Crippen LogP) is 8.06. The average molecular weight is 582 g/mol. The van der Waals surface area contributed by atoms with Crippen LogP contribution in [0.3, 0.4) is 0 Å². The molecule has 1 heterocycles. The van der Waals surface area contributed by atoms with Crippen LogP contribution in [0.1, 0.15) is 33.2 Å². The van der Waals surface area contributed by atoms with Crippen LogP contribution in [0.25, 0.3) is 28.2 Å². The van der Waals surface area contributed by atoms with Crippen LogP contribution in [0, 0.1) is 0 Å². The normalized spacial score (nSPS) is 11.0. The van der Waals surface area contributed by atoms with Gasteiger partial charge in [-0.25, -0.2) is 10.2 Å². The van der Waals surface area contributed by atoms with Crippen molar-refractivity contribution in [3.05, 3.63) is 136 Å². The van der Waals surface area contributed by atoms with E-state index in [9.17, 15) is 9.59 Å². The molecule has 0 aliphatic carbocycles. The summed E-state index contributed by atoms with van der Waals surface area (Å²) in [5.74, 6) is -0.830. The Kier molecular flexibility index (Phi) is 8.63. The summed E-state index contributed by atoms with van der Waals surface area (Å²) in [6, 6.07) is 33.8. The van der Waals surface area contributed by atoms with Gasteiger partial charge in [0.1, 0.15) is 0 Å². The zero-order valence-electron chi connectivity index (χ0n) is 22.1. The van der Waals surface area contributed by atoms with Gasteiger partial charge in [0, 0.05) is 16.3 Å². The van der Waals surface area contributed by atoms with Gasteiger partial charge >= 0.3 is 5.97 Å². The number of esters is 1. The number of hydrogen-bond acceptors (Lipinski definition) is 4. The van der Waals surface area contributed by atoms with Gasteiger partial charge < -0.3 is 9.30 Å². The molecule has 1 aromatic heterocycles. The second-order valence-electron chi connectivity index (χ2n) is 8.99. The summed E-state index contributed by atoms with van der Waals surface area (Å²) in [4.78, 5) is 25.1. The molecule has 0 saturated heterocycles. The minimum Gasteiger partial charge on any atom is -0.462 e. The van der Waals surface area contributed by atoms with Crippen LogP contribution in [0.5, 0.6) is 0 Å². The smallest absolute Gasteiger partial charge is 0.338 e. The van der Waals surface area contributed by atoms with Crippen LogP contribution in [-0.2, 0) is 4.74 Å². The predicted molar refractivity (Wildman–Crippen MR) is 164 cm³/mol. The third kappa shape index (κ3) is 6.24. The number of amides is 1. The van der Waals surface area contributed by atoms with Crippen molar-refractivity contribution >= 4 is 41.3 Å². The molecule has 0 unspecified atom stereocenters. The highest BCUT2D eigenvalue weighted by atomic mass is 35.5. The summed E-state index contributed by atoms with van der Waals surface area (Å²) in [6.07, 6.45) is 1.61. The highest BCUT2D eigenvalue weighted by Gasteiger charge is 2.19. The summed E-state index contributed by atoms with van der Waals surface area (Å²) in [5.41, 5.74) is 8.60. The summed E-state index contributed by atoms with van der Waals surface area (Å²) in [5, 5.41) is 4.95. The zero-order chi connectivity index (χ0) is 28.8. The number of carbonyl (C=O) groups is 2. The van der Waals surface area contributed by atoms with Crippen LogP contribution in [0.4, 0.5) is 0 Å². The molecule has 1 N–H and O–H groups in total. The standard InChI is InChI=1S/C33H25Cl2N3O3/c1-2-41-33(40)24-13-16-27(17-14-24)38-30(22-9-5-3-6-10-22)19-25(31(38)23-11-7-4-8-12-23)21-36-37-32(39)28-18-15-26(34)20-29(28)35/h3-21H,2H2,1H3,(H,37,39)/b36-21-. The van der Waals surface area contributed by atoms with Crippen molar-refractivity contribution in [2.24, 2.45) is 5.10 Å². The number of halogens is 2. The first-order chi connectivity index (χ1) is 20.0. The molecule has 0 aliphatic rings. The quantitative estimate of drug-likeness (QED) is 0.114. The minimum atomic E-state index is -0.457. The molecule has 204 valence electrons. The zero-order valence-corrected chi connectivity index (χ0v) is 23.6. The highest BCUT2D eigenvalue weighted by Crippen LogP contribution is 2.35. The SMILES string of the molecule is CCOC(=O)c1ccc(-n2c(-c3ccccc3)cc(/C=N\NC(=O)c3ccc(Cl)cc3Cl)c2-c2ccccc2)cc1. The van der Waals surface area contributed by atoms with Crippen LogP contribution < -0.4 is 5.43 Å². The Morgan fingerprint density at radius 1 is 0.854 bits per heavy atom. The van der Waals surface area contributed by atoms with Crippen molar-refractivity contribution in [3.63, 3.8) is 0 Å². The van der Waals surface area contributed by atoms with E-state index in [1.165, 1.54) is 6.07 Å². The van der Waals surface area contributed by atoms with Crippen molar-refractivity contribution in [1.82, 2.24) is 9.99 Å². The maximum Gasteiger partial charge on any atom is 0.338 e. The first-order valence-corrected chi connectivity index (χ1v) is 13.6. The number of nitrogens with one attached hydrogen (secondary N) is 1. The molecule has 0 fully saturated rings. The number of nitrogens with zero attached hydrogens (tertiary/aromatic N) is 2. The van der Waals surface area contributed by atoms with Crippen LogP contribution in [-0.4, -0.2) is 29.3 Å². The molecule has 1 amide bonds. The lowest BCUT2D eigenvalue weighted by molar-refractivity contribution is 0.0526. The number of hydrazone groups is 1. The maximum absolute atomic E-state index is 12.8. The third-order valence-electron chi connectivity index (χ3n) is 6.33. The summed E-state index contributed by atoms with van der Waals surface area (Å²) in [6.45, 7) is 2.08. The van der Waals surface area contributed by atoms with E-state index in [2.05, 4.69) is 15.1 Å². The van der Waals surface area contributed by atoms with Crippen LogP contribution >= 0.6 is 23.2 Å². The third-order valence-corrected chi connectivity index (χ3v) is 6.88. The first-order valence-electron chi connectivity index (χ1n) is 12.9. The molecule has 6 nitrogen and oxygen atoms in total. The van der Waals surface area contributed by atoms with E-state index in [1.807, 2.05) is 78.9 Å². The molecule has 0 bridgehead atoms. The van der Waals surface area contributed by atoms with Gasteiger partial charge in [-0.05, 0) is 66.6 Å². The molecular formula is C33H25Cl2N3O3. The molecule has 0 radical (unpaired) electrons. The molecule has 41 heavy (non-hydrogen) atoms. The lowest BCUT2D eigenvalue weighted by Gasteiger charge is -2.15. The van der Waals surface area contributed by atoms with Gasteiger partial charge in [0.2, 0.25) is 0 Å². The van der Waals surface area contributed by atoms with Gasteiger partial charge in [0.05, 0.1) is 40.4 Å². The minimum absolute atomic E-state index is 0.235. The highest BCUT2D eigenvalue weighted by molar-refractivity contribution is 6.36. The fraction of sp³-hybridized carbons (Fsp3) is 0.0606. The lowest BCUT2D eigenvalue weighted by atomic mass is 10.1. The monoisotopic (exact) mass is 581 g/mol. The molecular weight excluding hydrogens is 557 g/mol. The van der Waals surface area contributed by atoms with Gasteiger partial charge in [0.15, 0.2) is 0 Å². The Morgan fingerprint density at radius 2 is 1.51 bits per heavy atom. The molecule has 5 rings (SSSR count). The Hall–Kier alpha value is -4.65. The Morgan fingerprint density at radius 3 is 2.15 bits per heavy atom. The van der Waals surface area contributed by atoms with Crippen molar-refractivity contribution in [3.8, 4) is 28.2 Å². The van der Waals surface area contributed by atoms with Gasteiger partial charge in [-0.15, -0.1) is 0 Å². The average Bonchev–Trinajstić information content (AvgIpc) is 3.37. The van der Waals surface area contributed by atoms with E-state index in [-0.39, 0.29) is 16.6 Å². The van der Waals surface area contributed by atoms with Gasteiger partial charge in [0.25, 0.3) is 5.91 Å². The fourth-order valence-corrected chi connectivity index (χ4v) is 4.96. The summed E-state index contributed by atoms with van der Waals surface area (Å²) >= 11 is 12.2. The Bertz CT molecular complexity index is 1710. The second kappa shape index (κ2) is 12.7. The van der Waals surface area contributed by atoms with E-state index >= 15 is 0 Å². The summed E-state index contributed by atoms with van der Waals surface area (Å²) < 4.78 is 7.27. The second-order valence-corrected chi connectivity index (χ2v) is 9.84. The molecule has 8 heteroatoms. The van der Waals surface area contributed by atoms with Crippen LogP contribution in [0.2, 0.25) is 10.0 Å². The van der Waals surface area contributed by atoms with E-state index in [0.29, 0.717) is 17.2 Å². The van der Waals surface area contributed by atoms with Crippen molar-refractivity contribution in [2.75, 3.05) is 6.61 Å². The first kappa shape index (κ1) is 27.9. The number of benzene rings is 4. The van der Waals surface area contributed by atoms with Crippen molar-refractivity contribution in [2.45, 2.75) is 6.92 Å². The molecule has 5 aromatic rings. The van der Waals surface area contributed by atoms with Crippen LogP contribution in [0.15, 0.2) is 114 Å². The van der Waals surface area contributed by atoms with E-state index < -0.39 is 5.91 Å². The van der Waals surface area contributed by atoms with E-state index in [0.717, 1.165) is 33.8 Å². The summed E-state index contributed by atoms with van der Waals surface area (Å²) in [7, 11) is 0. The molecule has 0 atom stereocenters. The van der Waals surface area contributed by atoms with Crippen molar-refractivity contribution in [1.29, 1.82) is 0 Å². The molecule has 0 saturated carbocycles. The van der Waals surface area contributed by atoms with E-state index in [1.54, 1.807) is 37.4 Å². The van der Waals surface area contributed by atoms with E-state index in [4.69, 9.17) is 27.9 Å². The number of ether oxygens (including phenoxy) is 1. The van der Waals surface area contributed by atoms with Crippen molar-refractivity contribution < 1.29 is 14.3 Å². The Labute approximate surface area is 247 Å². The Balaban J connectivity index is 1.61. The molecule has 0 spiro atoms. The number of rotatable bonds is 8. The number of aromatic nitrogens is 1. The number of hydrogen-bond donors (Lipinski definition) is 1. The maximum atomic E-state index is 12.8. The topological polar surface area (TPSA) is 72.7 Å². The lowest BCUT2D eigenvalue weighted by Crippen LogP contribution is -2.18. The fourth-order valence-electron chi connectivity index (χ4n) is 4.46. The number of carbonyl (C=O) groups excluding carboxylic acids is 2. The van der Waals surface area contributed by atoms with Gasteiger partial charge in [-0.3, -0.25) is 4.79 Å².